The summed E-state index contributed by atoms with van der Waals surface area (Å²) in [5, 5.41) is 3.60. The quantitative estimate of drug-likeness (QED) is 0.631. The molecule has 1 fully saturated rings. The van der Waals surface area contributed by atoms with Crippen LogP contribution in [0.5, 0.6) is 5.75 Å². The summed E-state index contributed by atoms with van der Waals surface area (Å²) in [6.45, 7) is 10.8. The molecule has 3 nitrogen and oxygen atoms in total. The number of allylic oxidation sites excluding steroid dienone is 5. The molecule has 2 unspecified atom stereocenters. The van der Waals surface area contributed by atoms with Crippen molar-refractivity contribution in [2.24, 2.45) is 5.92 Å². The molecule has 0 aromatic heterocycles. The molecule has 0 radical (unpaired) electrons. The first kappa shape index (κ1) is 20.3. The average Bonchev–Trinajstić information content (AvgIpc) is 3.16. The first-order valence-corrected chi connectivity index (χ1v) is 11.4. The molecule has 2 atom stereocenters. The zero-order valence-electron chi connectivity index (χ0n) is 18.0. The molecule has 156 valence electrons. The van der Waals surface area contributed by atoms with Crippen LogP contribution in [0.1, 0.15) is 57.4 Å². The summed E-state index contributed by atoms with van der Waals surface area (Å²) in [7, 11) is 0. The molecular weight excluding hydrogens is 356 g/mol. The number of hydrogen-bond acceptors (Lipinski definition) is 3. The third-order valence-corrected chi connectivity index (χ3v) is 6.78. The lowest BCUT2D eigenvalue weighted by Gasteiger charge is -2.33. The molecule has 0 saturated carbocycles. The number of benzene rings is 1. The zero-order chi connectivity index (χ0) is 20.1. The lowest BCUT2D eigenvalue weighted by atomic mass is 9.90. The largest absolute Gasteiger partial charge is 0.484 e. The van der Waals surface area contributed by atoms with Gasteiger partial charge in [-0.2, -0.15) is 0 Å². The summed E-state index contributed by atoms with van der Waals surface area (Å²) in [4.78, 5) is 2.67. The Kier molecular flexibility index (Phi) is 6.44. The Morgan fingerprint density at radius 1 is 1.21 bits per heavy atom. The Labute approximate surface area is 176 Å². The highest BCUT2D eigenvalue weighted by molar-refractivity contribution is 5.75. The second-order valence-electron chi connectivity index (χ2n) is 9.04. The topological polar surface area (TPSA) is 24.5 Å². The van der Waals surface area contributed by atoms with E-state index >= 15 is 0 Å². The third-order valence-electron chi connectivity index (χ3n) is 6.78. The van der Waals surface area contributed by atoms with E-state index < -0.39 is 0 Å². The molecule has 1 aliphatic carbocycles. The number of nitrogens with zero attached hydrogens (tertiary/aromatic N) is 1. The fourth-order valence-electron chi connectivity index (χ4n) is 4.97. The van der Waals surface area contributed by atoms with E-state index in [1.54, 1.807) is 0 Å². The van der Waals surface area contributed by atoms with E-state index in [4.69, 9.17) is 4.74 Å². The smallest absolute Gasteiger partial charge is 0.150 e. The van der Waals surface area contributed by atoms with E-state index in [-0.39, 0.29) is 5.60 Å². The van der Waals surface area contributed by atoms with Gasteiger partial charge >= 0.3 is 0 Å². The number of para-hydroxylation sites is 1. The van der Waals surface area contributed by atoms with Gasteiger partial charge in [0.2, 0.25) is 0 Å². The minimum atomic E-state index is -0.0521. The Morgan fingerprint density at radius 2 is 2.14 bits per heavy atom. The Bertz CT molecular complexity index is 781. The monoisotopic (exact) mass is 392 g/mol. The summed E-state index contributed by atoms with van der Waals surface area (Å²) in [5.41, 5.74) is 3.28. The van der Waals surface area contributed by atoms with E-state index in [0.29, 0.717) is 5.92 Å². The molecule has 1 N–H and O–H groups in total. The minimum absolute atomic E-state index is 0.0521. The summed E-state index contributed by atoms with van der Waals surface area (Å²) in [6.07, 6.45) is 17.5. The summed E-state index contributed by atoms with van der Waals surface area (Å²) >= 11 is 0. The Hall–Kier alpha value is -2.00. The molecule has 2 aliphatic heterocycles. The molecule has 2 heterocycles. The van der Waals surface area contributed by atoms with Gasteiger partial charge < -0.3 is 15.0 Å². The molecule has 1 aromatic rings. The van der Waals surface area contributed by atoms with Crippen LogP contribution in [0.2, 0.25) is 0 Å². The van der Waals surface area contributed by atoms with Gasteiger partial charge in [-0.25, -0.2) is 0 Å². The second kappa shape index (κ2) is 9.21. The Morgan fingerprint density at radius 3 is 3.03 bits per heavy atom. The number of anilines is 1. The van der Waals surface area contributed by atoms with E-state index in [1.165, 1.54) is 32.4 Å². The Balaban J connectivity index is 1.42. The second-order valence-corrected chi connectivity index (χ2v) is 9.04. The van der Waals surface area contributed by atoms with Crippen LogP contribution < -0.4 is 10.1 Å². The van der Waals surface area contributed by atoms with E-state index in [1.807, 2.05) is 0 Å². The van der Waals surface area contributed by atoms with Crippen molar-refractivity contribution in [3.8, 4) is 5.75 Å². The minimum Gasteiger partial charge on any atom is -0.484 e. The molecule has 3 heteroatoms. The third kappa shape index (κ3) is 4.95. The fraction of sp³-hybridized carbons (Fsp3) is 0.538. The highest BCUT2D eigenvalue weighted by atomic mass is 16.5. The average molecular weight is 393 g/mol. The first-order valence-electron chi connectivity index (χ1n) is 11.4. The predicted molar refractivity (Wildman–Crippen MR) is 124 cm³/mol. The van der Waals surface area contributed by atoms with Crippen molar-refractivity contribution in [1.82, 2.24) is 4.90 Å². The van der Waals surface area contributed by atoms with Crippen molar-refractivity contribution in [3.05, 3.63) is 54.6 Å². The number of hydrogen-bond donors (Lipinski definition) is 1. The lowest BCUT2D eigenvalue weighted by Crippen LogP contribution is -2.38. The van der Waals surface area contributed by atoms with Crippen molar-refractivity contribution >= 4 is 11.3 Å². The van der Waals surface area contributed by atoms with Crippen LogP contribution in [0.3, 0.4) is 0 Å². The first-order chi connectivity index (χ1) is 14.2. The molecule has 29 heavy (non-hydrogen) atoms. The molecule has 1 saturated heterocycles. The maximum absolute atomic E-state index is 6.85. The van der Waals surface area contributed by atoms with Crippen LogP contribution in [-0.4, -0.2) is 36.7 Å². The lowest BCUT2D eigenvalue weighted by molar-refractivity contribution is 0.0509. The van der Waals surface area contributed by atoms with E-state index in [0.717, 1.165) is 61.3 Å². The van der Waals surface area contributed by atoms with Gasteiger partial charge in [0.15, 0.2) is 5.75 Å². The maximum atomic E-state index is 6.85. The number of ether oxygens (including phenoxy) is 1. The van der Waals surface area contributed by atoms with Crippen LogP contribution in [0.25, 0.3) is 5.57 Å². The van der Waals surface area contributed by atoms with Gasteiger partial charge in [-0.15, -0.1) is 0 Å². The number of fused-ring (bicyclic) bond motifs is 1. The van der Waals surface area contributed by atoms with E-state index in [2.05, 4.69) is 66.2 Å². The molecular formula is C26H36N2O. The molecule has 0 bridgehead atoms. The fourth-order valence-corrected chi connectivity index (χ4v) is 4.97. The summed E-state index contributed by atoms with van der Waals surface area (Å²) in [5.74, 6) is 1.72. The number of rotatable bonds is 4. The van der Waals surface area contributed by atoms with Crippen LogP contribution >= 0.6 is 0 Å². The molecule has 0 amide bonds. The summed E-state index contributed by atoms with van der Waals surface area (Å²) in [6, 6.07) is 6.38. The van der Waals surface area contributed by atoms with E-state index in [9.17, 15) is 0 Å². The molecule has 3 aliphatic rings. The van der Waals surface area contributed by atoms with Crippen molar-refractivity contribution in [3.63, 3.8) is 0 Å². The number of nitrogens with one attached hydrogen (secondary N) is 1. The van der Waals surface area contributed by atoms with Crippen molar-refractivity contribution in [2.75, 3.05) is 31.5 Å². The van der Waals surface area contributed by atoms with Crippen LogP contribution in [0.4, 0.5) is 5.69 Å². The van der Waals surface area contributed by atoms with Gasteiger partial charge in [0, 0.05) is 25.1 Å². The standard InChI is InChI=1S/C26H36N2O/c1-21(2)23-11-7-12-24-25(23)29-26(15-17-27-24)14-8-18-28(20-16-26)19-13-22-9-5-3-4-6-10-22/h3,5-7,10-12,22,27H,1,4,8-9,13-20H2,2H3. The van der Waals surface area contributed by atoms with Gasteiger partial charge in [-0.05, 0) is 76.1 Å². The number of likely N-dealkylation sites (tertiary alicyclic amines) is 1. The van der Waals surface area contributed by atoms with Crippen molar-refractivity contribution in [2.45, 2.75) is 57.5 Å². The van der Waals surface area contributed by atoms with Gasteiger partial charge in [-0.1, -0.05) is 43.0 Å². The summed E-state index contributed by atoms with van der Waals surface area (Å²) < 4.78 is 6.85. The molecule has 1 spiro atoms. The van der Waals surface area contributed by atoms with Gasteiger partial charge in [0.25, 0.3) is 0 Å². The van der Waals surface area contributed by atoms with Gasteiger partial charge in [0.1, 0.15) is 5.60 Å². The molecule has 1 aromatic carbocycles. The van der Waals surface area contributed by atoms with Crippen molar-refractivity contribution < 1.29 is 4.74 Å². The van der Waals surface area contributed by atoms with Crippen molar-refractivity contribution in [1.29, 1.82) is 0 Å². The maximum Gasteiger partial charge on any atom is 0.150 e. The van der Waals surface area contributed by atoms with Crippen LogP contribution in [-0.2, 0) is 0 Å². The molecule has 4 rings (SSSR count). The zero-order valence-corrected chi connectivity index (χ0v) is 18.0. The van der Waals surface area contributed by atoms with Crippen LogP contribution in [0.15, 0.2) is 49.1 Å². The normalized spacial score (nSPS) is 27.3. The van der Waals surface area contributed by atoms with Crippen LogP contribution in [0, 0.1) is 5.92 Å². The SMILES string of the molecule is C=C(C)c1cccc2c1OC1(CCCN(CCC3C=CCC=CC3)CC1)CCN2. The van der Waals surface area contributed by atoms with Gasteiger partial charge in [-0.3, -0.25) is 0 Å². The highest BCUT2D eigenvalue weighted by Crippen LogP contribution is 2.42. The van der Waals surface area contributed by atoms with Gasteiger partial charge in [0.05, 0.1) is 5.69 Å². The highest BCUT2D eigenvalue weighted by Gasteiger charge is 2.37. The predicted octanol–water partition coefficient (Wildman–Crippen LogP) is 6.05.